The van der Waals surface area contributed by atoms with Crippen LogP contribution in [0.2, 0.25) is 0 Å². The van der Waals surface area contributed by atoms with E-state index >= 15 is 0 Å². The fourth-order valence-electron chi connectivity index (χ4n) is 1.88. The van der Waals surface area contributed by atoms with Gasteiger partial charge in [-0.15, -0.1) is 0 Å². The second kappa shape index (κ2) is 5.51. The standard InChI is InChI=1S/C13H11F3N6/c14-13(15,16)7-19-11-9-3-5-18-10(9)21-12(22-11)20-8-2-1-4-17-6-8/h1-6H,7H2,(H3,18,19,20,21,22). The molecule has 0 radical (unpaired) electrons. The molecule has 0 spiro atoms. The number of aromatic nitrogens is 4. The minimum absolute atomic E-state index is 0.106. The maximum atomic E-state index is 12.4. The Morgan fingerprint density at radius 2 is 2.05 bits per heavy atom. The van der Waals surface area contributed by atoms with Crippen molar-refractivity contribution in [3.05, 3.63) is 36.8 Å². The van der Waals surface area contributed by atoms with E-state index in [9.17, 15) is 13.2 Å². The van der Waals surface area contributed by atoms with Gasteiger partial charge < -0.3 is 15.6 Å². The van der Waals surface area contributed by atoms with E-state index in [1.807, 2.05) is 0 Å². The molecule has 0 atom stereocenters. The number of fused-ring (bicyclic) bond motifs is 1. The van der Waals surface area contributed by atoms with E-state index < -0.39 is 12.7 Å². The second-order valence-electron chi connectivity index (χ2n) is 4.47. The number of hydrogen-bond donors (Lipinski definition) is 3. The molecular formula is C13H11F3N6. The average molecular weight is 308 g/mol. The second-order valence-corrected chi connectivity index (χ2v) is 4.47. The van der Waals surface area contributed by atoms with Gasteiger partial charge in [0, 0.05) is 12.4 Å². The SMILES string of the molecule is FC(F)(F)CNc1nc(Nc2cccnc2)nc2[nH]ccc12. The summed E-state index contributed by atoms with van der Waals surface area (Å²) in [6, 6.07) is 5.08. The zero-order valence-corrected chi connectivity index (χ0v) is 11.1. The highest BCUT2D eigenvalue weighted by Gasteiger charge is 2.27. The lowest BCUT2D eigenvalue weighted by molar-refractivity contribution is -0.115. The third kappa shape index (κ3) is 3.25. The van der Waals surface area contributed by atoms with Gasteiger partial charge in [-0.05, 0) is 18.2 Å². The molecule has 9 heteroatoms. The Hall–Kier alpha value is -2.84. The quantitative estimate of drug-likeness (QED) is 0.690. The first kappa shape index (κ1) is 14.1. The van der Waals surface area contributed by atoms with Crippen molar-refractivity contribution in [2.24, 2.45) is 0 Å². The van der Waals surface area contributed by atoms with Crippen molar-refractivity contribution in [3.8, 4) is 0 Å². The molecule has 0 fully saturated rings. The minimum atomic E-state index is -4.33. The molecule has 0 aromatic carbocycles. The fourth-order valence-corrected chi connectivity index (χ4v) is 1.88. The van der Waals surface area contributed by atoms with Gasteiger partial charge >= 0.3 is 6.18 Å². The van der Waals surface area contributed by atoms with Crippen LogP contribution in [0.5, 0.6) is 0 Å². The Kier molecular flexibility index (Phi) is 3.53. The van der Waals surface area contributed by atoms with Crippen molar-refractivity contribution in [1.29, 1.82) is 0 Å². The lowest BCUT2D eigenvalue weighted by atomic mass is 10.3. The van der Waals surface area contributed by atoms with Gasteiger partial charge in [0.1, 0.15) is 18.0 Å². The Balaban J connectivity index is 1.91. The molecule has 3 aromatic rings. The number of nitrogens with one attached hydrogen (secondary N) is 3. The number of aromatic amines is 1. The zero-order chi connectivity index (χ0) is 15.6. The summed E-state index contributed by atoms with van der Waals surface area (Å²) in [6.45, 7) is -1.17. The van der Waals surface area contributed by atoms with Crippen LogP contribution in [0.15, 0.2) is 36.8 Å². The maximum Gasteiger partial charge on any atom is 0.405 e. The maximum absolute atomic E-state index is 12.4. The number of alkyl halides is 3. The average Bonchev–Trinajstić information content (AvgIpc) is 2.93. The largest absolute Gasteiger partial charge is 0.405 e. The summed E-state index contributed by atoms with van der Waals surface area (Å²) in [5.41, 5.74) is 1.07. The minimum Gasteiger partial charge on any atom is -0.360 e. The van der Waals surface area contributed by atoms with Crippen molar-refractivity contribution < 1.29 is 13.2 Å². The van der Waals surface area contributed by atoms with Crippen LogP contribution in [0.25, 0.3) is 11.0 Å². The van der Waals surface area contributed by atoms with Gasteiger partial charge in [0.2, 0.25) is 5.95 Å². The summed E-state index contributed by atoms with van der Waals surface area (Å²) in [6.07, 6.45) is 0.429. The lowest BCUT2D eigenvalue weighted by Gasteiger charge is -2.11. The lowest BCUT2D eigenvalue weighted by Crippen LogP contribution is -2.22. The highest BCUT2D eigenvalue weighted by Crippen LogP contribution is 2.24. The molecule has 3 N–H and O–H groups in total. The smallest absolute Gasteiger partial charge is 0.360 e. The molecule has 114 valence electrons. The van der Waals surface area contributed by atoms with Gasteiger partial charge in [0.15, 0.2) is 0 Å². The molecule has 0 amide bonds. The molecule has 3 rings (SSSR count). The first-order chi connectivity index (χ1) is 10.5. The Labute approximate surface area is 122 Å². The van der Waals surface area contributed by atoms with Gasteiger partial charge in [-0.2, -0.15) is 23.1 Å². The topological polar surface area (TPSA) is 78.5 Å². The highest BCUT2D eigenvalue weighted by atomic mass is 19.4. The van der Waals surface area contributed by atoms with Crippen LogP contribution in [0.4, 0.5) is 30.6 Å². The zero-order valence-electron chi connectivity index (χ0n) is 11.1. The third-order valence-electron chi connectivity index (χ3n) is 2.79. The molecule has 0 saturated carbocycles. The molecule has 0 aliphatic rings. The molecule has 3 aromatic heterocycles. The first-order valence-corrected chi connectivity index (χ1v) is 6.34. The van der Waals surface area contributed by atoms with Crippen molar-refractivity contribution in [3.63, 3.8) is 0 Å². The predicted octanol–water partition coefficient (Wildman–Crippen LogP) is 3.07. The van der Waals surface area contributed by atoms with Crippen LogP contribution >= 0.6 is 0 Å². The number of nitrogens with zero attached hydrogens (tertiary/aromatic N) is 3. The number of anilines is 3. The molecule has 0 bridgehead atoms. The van der Waals surface area contributed by atoms with Gasteiger partial charge in [-0.25, -0.2) is 0 Å². The van der Waals surface area contributed by atoms with Crippen LogP contribution < -0.4 is 10.6 Å². The monoisotopic (exact) mass is 308 g/mol. The summed E-state index contributed by atoms with van der Waals surface area (Å²) in [5, 5.41) is 5.67. The van der Waals surface area contributed by atoms with Crippen LogP contribution in [-0.2, 0) is 0 Å². The van der Waals surface area contributed by atoms with E-state index in [2.05, 4.69) is 30.6 Å². The molecule has 3 heterocycles. The van der Waals surface area contributed by atoms with Crippen molar-refractivity contribution in [1.82, 2.24) is 19.9 Å². The number of pyridine rings is 1. The molecule has 0 unspecified atom stereocenters. The van der Waals surface area contributed by atoms with E-state index in [4.69, 9.17) is 0 Å². The molecule has 22 heavy (non-hydrogen) atoms. The number of rotatable bonds is 4. The Morgan fingerprint density at radius 1 is 1.18 bits per heavy atom. The molecule has 0 aliphatic carbocycles. The van der Waals surface area contributed by atoms with E-state index in [1.54, 1.807) is 36.8 Å². The summed E-state index contributed by atoms with van der Waals surface area (Å²) >= 11 is 0. The highest BCUT2D eigenvalue weighted by molar-refractivity contribution is 5.88. The van der Waals surface area contributed by atoms with Gasteiger partial charge in [0.25, 0.3) is 0 Å². The Morgan fingerprint density at radius 3 is 2.77 bits per heavy atom. The molecule has 0 saturated heterocycles. The molecular weight excluding hydrogens is 297 g/mol. The number of H-pyrrole nitrogens is 1. The number of halogens is 3. The number of hydrogen-bond acceptors (Lipinski definition) is 5. The summed E-state index contributed by atoms with van der Waals surface area (Å²) < 4.78 is 37.1. The normalized spacial score (nSPS) is 11.6. The fraction of sp³-hybridized carbons (Fsp3) is 0.154. The van der Waals surface area contributed by atoms with Crippen LogP contribution in [-0.4, -0.2) is 32.7 Å². The van der Waals surface area contributed by atoms with Crippen LogP contribution in [0.3, 0.4) is 0 Å². The van der Waals surface area contributed by atoms with E-state index in [0.29, 0.717) is 16.7 Å². The van der Waals surface area contributed by atoms with Crippen molar-refractivity contribution >= 4 is 28.5 Å². The van der Waals surface area contributed by atoms with E-state index in [0.717, 1.165) is 0 Å². The van der Waals surface area contributed by atoms with Gasteiger partial charge in [-0.3, -0.25) is 4.98 Å². The summed E-state index contributed by atoms with van der Waals surface area (Å²) in [4.78, 5) is 15.1. The molecule has 0 aliphatic heterocycles. The van der Waals surface area contributed by atoms with Crippen molar-refractivity contribution in [2.45, 2.75) is 6.18 Å². The van der Waals surface area contributed by atoms with E-state index in [-0.39, 0.29) is 11.8 Å². The van der Waals surface area contributed by atoms with Crippen LogP contribution in [0.1, 0.15) is 0 Å². The van der Waals surface area contributed by atoms with Gasteiger partial charge in [-0.1, -0.05) is 0 Å². The van der Waals surface area contributed by atoms with E-state index in [1.165, 1.54) is 0 Å². The van der Waals surface area contributed by atoms with Crippen LogP contribution in [0, 0.1) is 0 Å². The first-order valence-electron chi connectivity index (χ1n) is 6.34. The summed E-state index contributed by atoms with van der Waals surface area (Å²) in [7, 11) is 0. The predicted molar refractivity (Wildman–Crippen MR) is 76.0 cm³/mol. The third-order valence-corrected chi connectivity index (χ3v) is 2.79. The Bertz CT molecular complexity index is 768. The van der Waals surface area contributed by atoms with Gasteiger partial charge in [0.05, 0.1) is 17.3 Å². The van der Waals surface area contributed by atoms with Crippen molar-refractivity contribution in [2.75, 3.05) is 17.2 Å². The summed E-state index contributed by atoms with van der Waals surface area (Å²) in [5.74, 6) is 0.280. The molecule has 6 nitrogen and oxygen atoms in total.